The maximum atomic E-state index is 12.1. The van der Waals surface area contributed by atoms with Gasteiger partial charge >= 0.3 is 0 Å². The summed E-state index contributed by atoms with van der Waals surface area (Å²) in [6, 6.07) is 0. The minimum Gasteiger partial charge on any atom is -0.238 e. The van der Waals surface area contributed by atoms with E-state index in [2.05, 4.69) is 16.6 Å². The van der Waals surface area contributed by atoms with E-state index in [-0.39, 0.29) is 0 Å². The van der Waals surface area contributed by atoms with Crippen LogP contribution in [-0.4, -0.2) is 43.1 Å². The van der Waals surface area contributed by atoms with E-state index in [9.17, 15) is 8.42 Å². The van der Waals surface area contributed by atoms with E-state index in [1.165, 1.54) is 0 Å². The predicted octanol–water partition coefficient (Wildman–Crippen LogP) is 2.19. The molecule has 0 aromatic carbocycles. The molecule has 1 atom stereocenters. The molecule has 0 bridgehead atoms. The van der Waals surface area contributed by atoms with E-state index in [0.29, 0.717) is 25.6 Å². The Morgan fingerprint density at radius 3 is 3.15 bits per heavy atom. The Balaban J connectivity index is 1.67. The van der Waals surface area contributed by atoms with E-state index in [1.807, 2.05) is 5.38 Å². The molecule has 20 heavy (non-hydrogen) atoms. The number of thiazole rings is 1. The highest BCUT2D eigenvalue weighted by Gasteiger charge is 2.26. The van der Waals surface area contributed by atoms with Gasteiger partial charge in [0.05, 0.1) is 0 Å². The lowest BCUT2D eigenvalue weighted by atomic mass is 10.0. The van der Waals surface area contributed by atoms with E-state index in [4.69, 9.17) is 0 Å². The first-order chi connectivity index (χ1) is 9.58. The zero-order valence-corrected chi connectivity index (χ0v) is 14.1. The third-order valence-electron chi connectivity index (χ3n) is 3.20. The first kappa shape index (κ1) is 16.2. The van der Waals surface area contributed by atoms with Gasteiger partial charge in [0, 0.05) is 37.0 Å². The van der Waals surface area contributed by atoms with Crippen LogP contribution in [0.4, 0.5) is 0 Å². The normalized spacial score (nSPS) is 21.1. The quantitative estimate of drug-likeness (QED) is 0.613. The average Bonchev–Trinajstić information content (AvgIpc) is 2.91. The fourth-order valence-corrected chi connectivity index (χ4v) is 5.22. The van der Waals surface area contributed by atoms with E-state index >= 15 is 0 Å². The second-order valence-corrected chi connectivity index (χ2v) is 9.00. The molecule has 0 aliphatic carbocycles. The second-order valence-electron chi connectivity index (χ2n) is 5.00. The molecule has 1 unspecified atom stereocenters. The van der Waals surface area contributed by atoms with Crippen LogP contribution in [-0.2, 0) is 10.2 Å². The minimum atomic E-state index is -3.29. The van der Waals surface area contributed by atoms with Gasteiger partial charge in [-0.3, -0.25) is 0 Å². The zero-order chi connectivity index (χ0) is 14.4. The van der Waals surface area contributed by atoms with Crippen molar-refractivity contribution in [2.45, 2.75) is 30.5 Å². The number of aromatic nitrogens is 1. The first-order valence-corrected chi connectivity index (χ1v) is 10.2. The number of nitrogens with one attached hydrogen (secondary N) is 1. The number of hydrogen-bond acceptors (Lipinski definition) is 5. The maximum Gasteiger partial charge on any atom is 0.279 e. The highest BCUT2D eigenvalue weighted by Crippen LogP contribution is 2.21. The third-order valence-corrected chi connectivity index (χ3v) is 6.83. The van der Waals surface area contributed by atoms with E-state index in [0.717, 1.165) is 29.4 Å². The molecule has 1 N–H and O–H groups in total. The molecule has 2 rings (SSSR count). The van der Waals surface area contributed by atoms with Gasteiger partial charge in [0.2, 0.25) is 0 Å². The molecule has 0 amide bonds. The number of rotatable bonds is 7. The van der Waals surface area contributed by atoms with Crippen molar-refractivity contribution in [2.24, 2.45) is 5.92 Å². The number of hydrogen-bond donors (Lipinski definition) is 1. The summed E-state index contributed by atoms with van der Waals surface area (Å²) in [4.78, 5) is 4.18. The summed E-state index contributed by atoms with van der Waals surface area (Å²) in [5.74, 6) is 1.34. The summed E-state index contributed by atoms with van der Waals surface area (Å²) < 4.78 is 29.6. The summed E-state index contributed by atoms with van der Waals surface area (Å²) in [6.45, 7) is 3.88. The zero-order valence-electron chi connectivity index (χ0n) is 11.6. The average molecular weight is 336 g/mol. The molecule has 1 aromatic heterocycles. The van der Waals surface area contributed by atoms with Crippen molar-refractivity contribution in [3.8, 4) is 0 Å². The monoisotopic (exact) mass is 335 g/mol. The minimum absolute atomic E-state index is 0.459. The Morgan fingerprint density at radius 2 is 2.45 bits per heavy atom. The Bertz CT molecular complexity index is 490. The summed E-state index contributed by atoms with van der Waals surface area (Å²) in [5.41, 5.74) is 0. The molecule has 1 aliphatic heterocycles. The number of nitrogens with zero attached hydrogens (tertiary/aromatic N) is 2. The standard InChI is InChI=1S/C12H21N3O2S3/c1-11-4-2-7-15(10-11)20(16,17)14-5-3-8-18-12-13-6-9-19-12/h6,9,11,14H,2-5,7-8,10H2,1H3. The Labute approximate surface area is 129 Å². The Kier molecular flexibility index (Phi) is 6.28. The van der Waals surface area contributed by atoms with Crippen LogP contribution < -0.4 is 4.72 Å². The van der Waals surface area contributed by atoms with Gasteiger partial charge in [-0.2, -0.15) is 12.7 Å². The molecular weight excluding hydrogens is 314 g/mol. The molecular formula is C12H21N3O2S3. The SMILES string of the molecule is CC1CCCN(S(=O)(=O)NCCCSc2nccs2)C1. The summed E-state index contributed by atoms with van der Waals surface area (Å²) in [5, 5.41) is 1.95. The van der Waals surface area contributed by atoms with E-state index < -0.39 is 10.2 Å². The molecule has 8 heteroatoms. The van der Waals surface area contributed by atoms with Gasteiger partial charge in [-0.1, -0.05) is 18.7 Å². The predicted molar refractivity (Wildman–Crippen MR) is 84.3 cm³/mol. The maximum absolute atomic E-state index is 12.1. The van der Waals surface area contributed by atoms with Crippen LogP contribution in [0.2, 0.25) is 0 Å². The number of piperidine rings is 1. The highest BCUT2D eigenvalue weighted by molar-refractivity contribution is 8.01. The van der Waals surface area contributed by atoms with Gasteiger partial charge < -0.3 is 0 Å². The molecule has 5 nitrogen and oxygen atoms in total. The molecule has 0 saturated carbocycles. The molecule has 1 saturated heterocycles. The van der Waals surface area contributed by atoms with Gasteiger partial charge in [0.1, 0.15) is 4.34 Å². The van der Waals surface area contributed by atoms with Crippen LogP contribution >= 0.6 is 23.1 Å². The van der Waals surface area contributed by atoms with Gasteiger partial charge in [-0.25, -0.2) is 9.71 Å². The van der Waals surface area contributed by atoms with Crippen molar-refractivity contribution in [3.05, 3.63) is 11.6 Å². The lowest BCUT2D eigenvalue weighted by molar-refractivity contribution is 0.278. The molecule has 1 fully saturated rings. The lowest BCUT2D eigenvalue weighted by Crippen LogP contribution is -2.45. The summed E-state index contributed by atoms with van der Waals surface area (Å²) in [7, 11) is -3.29. The van der Waals surface area contributed by atoms with Crippen molar-refractivity contribution >= 4 is 33.3 Å². The van der Waals surface area contributed by atoms with Gasteiger partial charge in [0.25, 0.3) is 10.2 Å². The Hall–Kier alpha value is -0.150. The van der Waals surface area contributed by atoms with Crippen LogP contribution in [0.25, 0.3) is 0 Å². The first-order valence-electron chi connectivity index (χ1n) is 6.85. The lowest BCUT2D eigenvalue weighted by Gasteiger charge is -2.29. The molecule has 1 aromatic rings. The Morgan fingerprint density at radius 1 is 1.60 bits per heavy atom. The highest BCUT2D eigenvalue weighted by atomic mass is 32.2. The van der Waals surface area contributed by atoms with E-state index in [1.54, 1.807) is 33.6 Å². The summed E-state index contributed by atoms with van der Waals surface area (Å²) in [6.07, 6.45) is 4.68. The molecule has 0 radical (unpaired) electrons. The van der Waals surface area contributed by atoms with Crippen molar-refractivity contribution < 1.29 is 8.42 Å². The van der Waals surface area contributed by atoms with Crippen LogP contribution in [0.1, 0.15) is 26.2 Å². The molecule has 114 valence electrons. The van der Waals surface area contributed by atoms with Crippen molar-refractivity contribution in [2.75, 3.05) is 25.4 Å². The van der Waals surface area contributed by atoms with Gasteiger partial charge in [-0.05, 0) is 25.2 Å². The smallest absolute Gasteiger partial charge is 0.238 e. The summed E-state index contributed by atoms with van der Waals surface area (Å²) >= 11 is 3.29. The van der Waals surface area contributed by atoms with Crippen molar-refractivity contribution in [1.29, 1.82) is 0 Å². The van der Waals surface area contributed by atoms with Crippen molar-refractivity contribution in [1.82, 2.24) is 14.0 Å². The number of thioether (sulfide) groups is 1. The molecule has 2 heterocycles. The van der Waals surface area contributed by atoms with Crippen LogP contribution in [0.5, 0.6) is 0 Å². The fourth-order valence-electron chi connectivity index (χ4n) is 2.17. The van der Waals surface area contributed by atoms with Crippen molar-refractivity contribution in [3.63, 3.8) is 0 Å². The molecule has 0 spiro atoms. The fraction of sp³-hybridized carbons (Fsp3) is 0.750. The van der Waals surface area contributed by atoms with Crippen LogP contribution in [0.15, 0.2) is 15.9 Å². The largest absolute Gasteiger partial charge is 0.279 e. The third kappa shape index (κ3) is 5.00. The topological polar surface area (TPSA) is 62.3 Å². The van der Waals surface area contributed by atoms with Crippen LogP contribution in [0, 0.1) is 5.92 Å². The van der Waals surface area contributed by atoms with Gasteiger partial charge in [0.15, 0.2) is 0 Å². The van der Waals surface area contributed by atoms with Crippen LogP contribution in [0.3, 0.4) is 0 Å². The van der Waals surface area contributed by atoms with Gasteiger partial charge in [-0.15, -0.1) is 11.3 Å². The molecule has 1 aliphatic rings. The second kappa shape index (κ2) is 7.74.